The van der Waals surface area contributed by atoms with Gasteiger partial charge in [-0.25, -0.2) is 4.79 Å². The molecule has 17 heavy (non-hydrogen) atoms. The Morgan fingerprint density at radius 2 is 2.29 bits per heavy atom. The Labute approximate surface area is 101 Å². The maximum Gasteiger partial charge on any atom is 0.414 e. The summed E-state index contributed by atoms with van der Waals surface area (Å²) in [7, 11) is 0. The Morgan fingerprint density at radius 3 is 3.12 bits per heavy atom. The van der Waals surface area contributed by atoms with E-state index in [1.807, 2.05) is 30.3 Å². The molecule has 0 saturated heterocycles. The van der Waals surface area contributed by atoms with Gasteiger partial charge in [-0.3, -0.25) is 4.90 Å². The highest BCUT2D eigenvalue weighted by Gasteiger charge is 2.17. The molecule has 0 radical (unpaired) electrons. The van der Waals surface area contributed by atoms with Crippen LogP contribution in [0.2, 0.25) is 0 Å². The molecule has 1 amide bonds. The zero-order valence-electron chi connectivity index (χ0n) is 9.43. The van der Waals surface area contributed by atoms with Gasteiger partial charge in [0.25, 0.3) is 0 Å². The molecule has 0 unspecified atom stereocenters. The molecule has 0 spiro atoms. The predicted molar refractivity (Wildman–Crippen MR) is 65.8 cm³/mol. The lowest BCUT2D eigenvalue weighted by molar-refractivity contribution is 0.117. The third-order valence-corrected chi connectivity index (χ3v) is 2.54. The summed E-state index contributed by atoms with van der Waals surface area (Å²) in [5.41, 5.74) is 2.25. The number of benzene rings is 1. The molecule has 0 saturated carbocycles. The minimum Gasteiger partial charge on any atom is -0.448 e. The van der Waals surface area contributed by atoms with E-state index in [4.69, 9.17) is 11.2 Å². The quantitative estimate of drug-likeness (QED) is 0.574. The molecule has 1 aromatic carbocycles. The molecule has 3 heteroatoms. The number of ether oxygens (including phenoxy) is 1. The van der Waals surface area contributed by atoms with Crippen LogP contribution in [-0.2, 0) is 11.3 Å². The number of hydrogen-bond donors (Lipinski definition) is 0. The summed E-state index contributed by atoms with van der Waals surface area (Å²) in [5, 5.41) is 0. The van der Waals surface area contributed by atoms with Crippen LogP contribution in [0.15, 0.2) is 30.5 Å². The van der Waals surface area contributed by atoms with Crippen molar-refractivity contribution in [2.24, 2.45) is 0 Å². The zero-order valence-corrected chi connectivity index (χ0v) is 9.43. The molecule has 1 aromatic rings. The largest absolute Gasteiger partial charge is 0.448 e. The van der Waals surface area contributed by atoms with E-state index in [-0.39, 0.29) is 12.7 Å². The summed E-state index contributed by atoms with van der Waals surface area (Å²) < 4.78 is 5.03. The van der Waals surface area contributed by atoms with Crippen LogP contribution in [0.25, 0.3) is 6.08 Å². The third-order valence-electron chi connectivity index (χ3n) is 2.54. The first-order chi connectivity index (χ1) is 8.31. The molecule has 3 nitrogen and oxygen atoms in total. The molecule has 86 valence electrons. The van der Waals surface area contributed by atoms with Crippen LogP contribution >= 0.6 is 0 Å². The SMILES string of the molecule is C#CCCOC(=O)N1C=Cc2ccccc2C1. The Kier molecular flexibility index (Phi) is 3.46. The van der Waals surface area contributed by atoms with E-state index >= 15 is 0 Å². The van der Waals surface area contributed by atoms with Crippen LogP contribution < -0.4 is 0 Å². The van der Waals surface area contributed by atoms with Crippen LogP contribution in [0.5, 0.6) is 0 Å². The van der Waals surface area contributed by atoms with E-state index in [1.54, 1.807) is 11.1 Å². The van der Waals surface area contributed by atoms with Gasteiger partial charge in [0, 0.05) is 12.6 Å². The van der Waals surface area contributed by atoms with E-state index in [9.17, 15) is 4.79 Å². The number of amides is 1. The molecule has 0 aromatic heterocycles. The maximum absolute atomic E-state index is 11.7. The van der Waals surface area contributed by atoms with Crippen molar-refractivity contribution in [3.63, 3.8) is 0 Å². The molecule has 0 bridgehead atoms. The summed E-state index contributed by atoms with van der Waals surface area (Å²) in [4.78, 5) is 13.2. The number of terminal acetylenes is 1. The maximum atomic E-state index is 11.7. The van der Waals surface area contributed by atoms with E-state index in [2.05, 4.69) is 5.92 Å². The van der Waals surface area contributed by atoms with E-state index < -0.39 is 0 Å². The molecule has 1 aliphatic rings. The smallest absolute Gasteiger partial charge is 0.414 e. The zero-order chi connectivity index (χ0) is 12.1. The van der Waals surface area contributed by atoms with Gasteiger partial charge in [0.2, 0.25) is 0 Å². The minimum absolute atomic E-state index is 0.265. The Bertz CT molecular complexity index is 485. The van der Waals surface area contributed by atoms with E-state index in [0.717, 1.165) is 11.1 Å². The molecule has 0 aliphatic carbocycles. The fourth-order valence-corrected chi connectivity index (χ4v) is 1.65. The molecule has 1 heterocycles. The van der Waals surface area contributed by atoms with Crippen molar-refractivity contribution in [3.05, 3.63) is 41.6 Å². The highest BCUT2D eigenvalue weighted by atomic mass is 16.6. The Hall–Kier alpha value is -2.21. The molecule has 2 rings (SSSR count). The highest BCUT2D eigenvalue weighted by Crippen LogP contribution is 2.19. The Morgan fingerprint density at radius 1 is 1.47 bits per heavy atom. The summed E-state index contributed by atoms with van der Waals surface area (Å²) in [6.45, 7) is 0.808. The molecule has 0 N–H and O–H groups in total. The van der Waals surface area contributed by atoms with Crippen molar-refractivity contribution in [2.45, 2.75) is 13.0 Å². The fraction of sp³-hybridized carbons (Fsp3) is 0.214. The third kappa shape index (κ3) is 2.67. The first-order valence-electron chi connectivity index (χ1n) is 5.44. The first-order valence-corrected chi connectivity index (χ1v) is 5.44. The number of carbonyl (C=O) groups is 1. The van der Waals surface area contributed by atoms with Gasteiger partial charge in [0.05, 0.1) is 6.54 Å². The van der Waals surface area contributed by atoms with Gasteiger partial charge in [-0.15, -0.1) is 12.3 Å². The Balaban J connectivity index is 1.99. The topological polar surface area (TPSA) is 29.5 Å². The van der Waals surface area contributed by atoms with Crippen molar-refractivity contribution in [1.29, 1.82) is 0 Å². The van der Waals surface area contributed by atoms with E-state index in [1.165, 1.54) is 0 Å². The normalized spacial score (nSPS) is 12.8. The predicted octanol–water partition coefficient (Wildman–Crippen LogP) is 2.63. The van der Waals surface area contributed by atoms with Crippen molar-refractivity contribution in [1.82, 2.24) is 4.90 Å². The second kappa shape index (κ2) is 5.22. The van der Waals surface area contributed by atoms with Crippen molar-refractivity contribution in [3.8, 4) is 12.3 Å². The number of nitrogens with zero attached hydrogens (tertiary/aromatic N) is 1. The van der Waals surface area contributed by atoms with Crippen LogP contribution in [0, 0.1) is 12.3 Å². The molecule has 0 atom stereocenters. The first kappa shape index (κ1) is 11.3. The summed E-state index contributed by atoms with van der Waals surface area (Å²) in [6, 6.07) is 7.96. The molecular formula is C14H13NO2. The number of carbonyl (C=O) groups excluding carboxylic acids is 1. The van der Waals surface area contributed by atoms with Gasteiger partial charge in [-0.1, -0.05) is 24.3 Å². The minimum atomic E-state index is -0.356. The second-order valence-corrected chi connectivity index (χ2v) is 3.71. The van der Waals surface area contributed by atoms with Gasteiger partial charge in [0.1, 0.15) is 6.61 Å². The van der Waals surface area contributed by atoms with Crippen LogP contribution in [0.3, 0.4) is 0 Å². The summed E-state index contributed by atoms with van der Waals surface area (Å²) >= 11 is 0. The summed E-state index contributed by atoms with van der Waals surface area (Å²) in [6.07, 6.45) is 8.82. The van der Waals surface area contributed by atoms with Gasteiger partial charge < -0.3 is 4.74 Å². The van der Waals surface area contributed by atoms with Crippen LogP contribution in [-0.4, -0.2) is 17.6 Å². The van der Waals surface area contributed by atoms with Crippen molar-refractivity contribution in [2.75, 3.05) is 6.61 Å². The number of fused-ring (bicyclic) bond motifs is 1. The van der Waals surface area contributed by atoms with Crippen LogP contribution in [0.4, 0.5) is 4.79 Å². The number of hydrogen-bond acceptors (Lipinski definition) is 2. The summed E-state index contributed by atoms with van der Waals surface area (Å²) in [5.74, 6) is 2.43. The van der Waals surface area contributed by atoms with Gasteiger partial charge in [-0.05, 0) is 17.2 Å². The lowest BCUT2D eigenvalue weighted by atomic mass is 10.1. The van der Waals surface area contributed by atoms with Crippen molar-refractivity contribution >= 4 is 12.2 Å². The van der Waals surface area contributed by atoms with Gasteiger partial charge in [0.15, 0.2) is 0 Å². The standard InChI is InChI=1S/C14H13NO2/c1-2-3-10-17-14(16)15-9-8-12-6-4-5-7-13(12)11-15/h1,4-9H,3,10-11H2. The van der Waals surface area contributed by atoms with Crippen LogP contribution in [0.1, 0.15) is 17.5 Å². The number of rotatable bonds is 2. The fourth-order valence-electron chi connectivity index (χ4n) is 1.65. The average Bonchev–Trinajstić information content (AvgIpc) is 2.38. The lowest BCUT2D eigenvalue weighted by Gasteiger charge is -2.22. The average molecular weight is 227 g/mol. The monoisotopic (exact) mass is 227 g/mol. The molecule has 0 fully saturated rings. The highest BCUT2D eigenvalue weighted by molar-refractivity contribution is 5.72. The van der Waals surface area contributed by atoms with Gasteiger partial charge >= 0.3 is 6.09 Å². The van der Waals surface area contributed by atoms with Gasteiger partial charge in [-0.2, -0.15) is 0 Å². The lowest BCUT2D eigenvalue weighted by Crippen LogP contribution is -2.28. The van der Waals surface area contributed by atoms with E-state index in [0.29, 0.717) is 13.0 Å². The molecule has 1 aliphatic heterocycles. The molecular weight excluding hydrogens is 214 g/mol. The second-order valence-electron chi connectivity index (χ2n) is 3.71. The van der Waals surface area contributed by atoms with Crippen molar-refractivity contribution < 1.29 is 9.53 Å².